The first-order chi connectivity index (χ1) is 9.20. The van der Waals surface area contributed by atoms with E-state index in [1.54, 1.807) is 13.2 Å². The van der Waals surface area contributed by atoms with Gasteiger partial charge in [0.2, 0.25) is 0 Å². The van der Waals surface area contributed by atoms with Gasteiger partial charge in [-0.2, -0.15) is 0 Å². The second-order valence-electron chi connectivity index (χ2n) is 4.59. The van der Waals surface area contributed by atoms with Gasteiger partial charge >= 0.3 is 0 Å². The van der Waals surface area contributed by atoms with Crippen molar-refractivity contribution in [1.82, 2.24) is 4.98 Å². The number of H-pyrrole nitrogens is 1. The highest BCUT2D eigenvalue weighted by Gasteiger charge is 2.12. The molecule has 0 spiro atoms. The number of phenols is 1. The maximum absolute atomic E-state index is 9.95. The fourth-order valence-corrected chi connectivity index (χ4v) is 2.42. The van der Waals surface area contributed by atoms with Crippen LogP contribution < -0.4 is 4.74 Å². The molecule has 19 heavy (non-hydrogen) atoms. The summed E-state index contributed by atoms with van der Waals surface area (Å²) in [7, 11) is 1.56. The first-order valence-electron chi connectivity index (χ1n) is 6.15. The summed E-state index contributed by atoms with van der Waals surface area (Å²) in [5.74, 6) is 0.662. The van der Waals surface area contributed by atoms with Crippen molar-refractivity contribution in [3.8, 4) is 22.6 Å². The molecule has 0 amide bonds. The van der Waals surface area contributed by atoms with Crippen LogP contribution in [-0.2, 0) is 0 Å². The summed E-state index contributed by atoms with van der Waals surface area (Å²) in [5.41, 5.74) is 4.26. The standard InChI is InChI=1S/C16H15NO2/c1-10-7-16(19-2)15(18)8-12(10)13-9-17-14-6-4-3-5-11(13)14/h3-9,17-18H,1-2H3. The van der Waals surface area contributed by atoms with Crippen LogP contribution in [0.25, 0.3) is 22.0 Å². The largest absolute Gasteiger partial charge is 0.504 e. The summed E-state index contributed by atoms with van der Waals surface area (Å²) in [5, 5.41) is 11.1. The number of benzene rings is 2. The predicted octanol–water partition coefficient (Wildman–Crippen LogP) is 3.86. The maximum Gasteiger partial charge on any atom is 0.160 e. The Bertz CT molecular complexity index is 744. The van der Waals surface area contributed by atoms with Crippen molar-refractivity contribution in [1.29, 1.82) is 0 Å². The smallest absolute Gasteiger partial charge is 0.160 e. The number of aryl methyl sites for hydroxylation is 1. The molecule has 0 aliphatic heterocycles. The van der Waals surface area contributed by atoms with Crippen molar-refractivity contribution in [2.45, 2.75) is 6.92 Å². The van der Waals surface area contributed by atoms with Crippen LogP contribution in [0.5, 0.6) is 11.5 Å². The van der Waals surface area contributed by atoms with Gasteiger partial charge in [0.1, 0.15) is 0 Å². The minimum atomic E-state index is 0.161. The predicted molar refractivity (Wildman–Crippen MR) is 76.7 cm³/mol. The van der Waals surface area contributed by atoms with Crippen LogP contribution in [0.1, 0.15) is 5.56 Å². The zero-order valence-corrected chi connectivity index (χ0v) is 10.9. The molecule has 0 saturated carbocycles. The van der Waals surface area contributed by atoms with Gasteiger partial charge in [0.15, 0.2) is 11.5 Å². The molecule has 0 aliphatic carbocycles. The molecule has 1 heterocycles. The molecule has 0 bridgehead atoms. The zero-order chi connectivity index (χ0) is 13.4. The van der Waals surface area contributed by atoms with Crippen LogP contribution in [0.4, 0.5) is 0 Å². The number of phenolic OH excluding ortho intramolecular Hbond substituents is 1. The monoisotopic (exact) mass is 253 g/mol. The number of methoxy groups -OCH3 is 1. The first kappa shape index (κ1) is 11.7. The quantitative estimate of drug-likeness (QED) is 0.728. The number of nitrogens with one attached hydrogen (secondary N) is 1. The molecule has 3 heteroatoms. The van der Waals surface area contributed by atoms with E-state index in [-0.39, 0.29) is 5.75 Å². The van der Waals surface area contributed by atoms with Crippen molar-refractivity contribution >= 4 is 10.9 Å². The molecule has 2 aromatic carbocycles. The molecular weight excluding hydrogens is 238 g/mol. The number of rotatable bonds is 2. The number of para-hydroxylation sites is 1. The molecule has 0 aliphatic rings. The van der Waals surface area contributed by atoms with Gasteiger partial charge in [-0.3, -0.25) is 0 Å². The zero-order valence-electron chi connectivity index (χ0n) is 10.9. The highest BCUT2D eigenvalue weighted by molar-refractivity contribution is 5.96. The second-order valence-corrected chi connectivity index (χ2v) is 4.59. The Kier molecular flexibility index (Phi) is 2.67. The Morgan fingerprint density at radius 1 is 1.11 bits per heavy atom. The molecular formula is C16H15NO2. The molecule has 0 atom stereocenters. The number of hydrogen-bond donors (Lipinski definition) is 2. The Labute approximate surface area is 111 Å². The number of hydrogen-bond acceptors (Lipinski definition) is 2. The van der Waals surface area contributed by atoms with E-state index in [2.05, 4.69) is 11.1 Å². The summed E-state index contributed by atoms with van der Waals surface area (Å²) in [6.07, 6.45) is 1.97. The minimum absolute atomic E-state index is 0.161. The fourth-order valence-electron chi connectivity index (χ4n) is 2.42. The Hall–Kier alpha value is -2.42. The van der Waals surface area contributed by atoms with Crippen molar-refractivity contribution < 1.29 is 9.84 Å². The molecule has 1 aromatic heterocycles. The lowest BCUT2D eigenvalue weighted by Crippen LogP contribution is -1.88. The van der Waals surface area contributed by atoms with Gasteiger partial charge < -0.3 is 14.8 Å². The number of aromatic amines is 1. The molecule has 96 valence electrons. The van der Waals surface area contributed by atoms with E-state index in [4.69, 9.17) is 4.74 Å². The Balaban J connectivity index is 2.24. The molecule has 0 saturated heterocycles. The molecule has 0 unspecified atom stereocenters. The van der Waals surface area contributed by atoms with Crippen molar-refractivity contribution in [2.24, 2.45) is 0 Å². The van der Waals surface area contributed by atoms with Crippen LogP contribution in [0.15, 0.2) is 42.6 Å². The minimum Gasteiger partial charge on any atom is -0.504 e. The van der Waals surface area contributed by atoms with Crippen molar-refractivity contribution in [3.05, 3.63) is 48.2 Å². The third-order valence-corrected chi connectivity index (χ3v) is 3.41. The van der Waals surface area contributed by atoms with Crippen molar-refractivity contribution in [2.75, 3.05) is 7.11 Å². The van der Waals surface area contributed by atoms with Gasteiger partial charge in [0.25, 0.3) is 0 Å². The Morgan fingerprint density at radius 2 is 1.89 bits per heavy atom. The van der Waals surface area contributed by atoms with E-state index >= 15 is 0 Å². The van der Waals surface area contributed by atoms with Gasteiger partial charge in [-0.25, -0.2) is 0 Å². The molecule has 0 radical (unpaired) electrons. The van der Waals surface area contributed by atoms with Gasteiger partial charge in [0, 0.05) is 22.7 Å². The molecule has 3 aromatic rings. The third kappa shape index (κ3) is 1.83. The maximum atomic E-state index is 9.95. The summed E-state index contributed by atoms with van der Waals surface area (Å²) >= 11 is 0. The second kappa shape index (κ2) is 4.35. The van der Waals surface area contributed by atoms with E-state index in [1.165, 1.54) is 0 Å². The van der Waals surface area contributed by atoms with Gasteiger partial charge in [-0.1, -0.05) is 18.2 Å². The fraction of sp³-hybridized carbons (Fsp3) is 0.125. The lowest BCUT2D eigenvalue weighted by atomic mass is 9.99. The van der Waals surface area contributed by atoms with Crippen LogP contribution in [0, 0.1) is 6.92 Å². The molecule has 0 fully saturated rings. The van der Waals surface area contributed by atoms with E-state index < -0.39 is 0 Å². The third-order valence-electron chi connectivity index (χ3n) is 3.41. The van der Waals surface area contributed by atoms with E-state index in [0.717, 1.165) is 27.6 Å². The highest BCUT2D eigenvalue weighted by atomic mass is 16.5. The SMILES string of the molecule is COc1cc(C)c(-c2c[nH]c3ccccc23)cc1O. The summed E-state index contributed by atoms with van der Waals surface area (Å²) in [4.78, 5) is 3.25. The summed E-state index contributed by atoms with van der Waals surface area (Å²) in [6.45, 7) is 2.01. The van der Waals surface area contributed by atoms with E-state index in [9.17, 15) is 5.11 Å². The normalized spacial score (nSPS) is 10.8. The van der Waals surface area contributed by atoms with Gasteiger partial charge in [0.05, 0.1) is 7.11 Å². The lowest BCUT2D eigenvalue weighted by Gasteiger charge is -2.09. The van der Waals surface area contributed by atoms with E-state index in [1.807, 2.05) is 37.4 Å². The topological polar surface area (TPSA) is 45.2 Å². The van der Waals surface area contributed by atoms with Crippen LogP contribution >= 0.6 is 0 Å². The average Bonchev–Trinajstić information content (AvgIpc) is 2.84. The van der Waals surface area contributed by atoms with Crippen LogP contribution in [0.2, 0.25) is 0 Å². The van der Waals surface area contributed by atoms with Gasteiger partial charge in [-0.05, 0) is 36.2 Å². The summed E-state index contributed by atoms with van der Waals surface area (Å²) < 4.78 is 5.13. The van der Waals surface area contributed by atoms with Gasteiger partial charge in [-0.15, -0.1) is 0 Å². The number of aromatic nitrogens is 1. The Morgan fingerprint density at radius 3 is 2.68 bits per heavy atom. The number of fused-ring (bicyclic) bond motifs is 1. The number of ether oxygens (including phenoxy) is 1. The van der Waals surface area contributed by atoms with Crippen LogP contribution in [-0.4, -0.2) is 17.2 Å². The average molecular weight is 253 g/mol. The highest BCUT2D eigenvalue weighted by Crippen LogP contribution is 2.37. The summed E-state index contributed by atoms with van der Waals surface area (Å²) in [6, 6.07) is 11.7. The number of aromatic hydroxyl groups is 1. The molecule has 2 N–H and O–H groups in total. The van der Waals surface area contributed by atoms with E-state index in [0.29, 0.717) is 5.75 Å². The van der Waals surface area contributed by atoms with Crippen LogP contribution in [0.3, 0.4) is 0 Å². The first-order valence-corrected chi connectivity index (χ1v) is 6.15. The van der Waals surface area contributed by atoms with Crippen molar-refractivity contribution in [3.63, 3.8) is 0 Å². The molecule has 3 rings (SSSR count). The lowest BCUT2D eigenvalue weighted by molar-refractivity contribution is 0.373. The molecule has 3 nitrogen and oxygen atoms in total.